The Bertz CT molecular complexity index is 498. The molecule has 2 aromatic rings. The summed E-state index contributed by atoms with van der Waals surface area (Å²) in [5, 5.41) is 10.5. The van der Waals surface area contributed by atoms with E-state index in [1.54, 1.807) is 7.11 Å². The number of rotatable bonds is 8. The van der Waals surface area contributed by atoms with Gasteiger partial charge in [0.05, 0.1) is 6.10 Å². The molecule has 0 aliphatic carbocycles. The Balaban J connectivity index is 2.00. The lowest BCUT2D eigenvalue weighted by Crippen LogP contribution is -2.24. The number of benzene rings is 2. The molecule has 0 aliphatic heterocycles. The van der Waals surface area contributed by atoms with Gasteiger partial charge in [-0.3, -0.25) is 0 Å². The van der Waals surface area contributed by atoms with Crippen LogP contribution in [-0.4, -0.2) is 25.1 Å². The van der Waals surface area contributed by atoms with Crippen molar-refractivity contribution >= 4 is 0 Å². The third-order valence-corrected chi connectivity index (χ3v) is 3.45. The summed E-state index contributed by atoms with van der Waals surface area (Å²) in [7, 11) is 1.59. The van der Waals surface area contributed by atoms with Crippen molar-refractivity contribution in [1.29, 1.82) is 0 Å². The molecule has 0 amide bonds. The fourth-order valence-corrected chi connectivity index (χ4v) is 2.31. The van der Waals surface area contributed by atoms with Gasteiger partial charge in [0.1, 0.15) is 12.9 Å². The summed E-state index contributed by atoms with van der Waals surface area (Å²) in [6.45, 7) is 0.184. The standard InChI is InChI=1S/C18H22O3/c1-20-14-21-17(13-12-15-8-4-2-5-9-15)18(19)16-10-6-3-7-11-16/h2-11,17-19H,12-14H2,1H3/t17-,18+/m0/s1. The third-order valence-electron chi connectivity index (χ3n) is 3.45. The van der Waals surface area contributed by atoms with Crippen LogP contribution in [0.15, 0.2) is 60.7 Å². The number of aryl methyl sites for hydroxylation is 1. The highest BCUT2D eigenvalue weighted by atomic mass is 16.7. The quantitative estimate of drug-likeness (QED) is 0.756. The lowest BCUT2D eigenvalue weighted by Gasteiger charge is -2.23. The van der Waals surface area contributed by atoms with E-state index >= 15 is 0 Å². The molecule has 0 aliphatic rings. The zero-order valence-electron chi connectivity index (χ0n) is 12.3. The Kier molecular flexibility index (Phi) is 6.41. The van der Waals surface area contributed by atoms with Crippen LogP contribution in [0.25, 0.3) is 0 Å². The Labute approximate surface area is 126 Å². The molecular formula is C18H22O3. The Hall–Kier alpha value is -1.68. The number of methoxy groups -OCH3 is 1. The lowest BCUT2D eigenvalue weighted by atomic mass is 9.98. The average Bonchev–Trinajstić information content (AvgIpc) is 2.56. The molecule has 0 bridgehead atoms. The molecule has 0 radical (unpaired) electrons. The van der Waals surface area contributed by atoms with Crippen LogP contribution in [0.2, 0.25) is 0 Å². The number of ether oxygens (including phenoxy) is 2. The van der Waals surface area contributed by atoms with Crippen molar-refractivity contribution in [2.75, 3.05) is 13.9 Å². The van der Waals surface area contributed by atoms with E-state index < -0.39 is 6.10 Å². The number of hydrogen-bond acceptors (Lipinski definition) is 3. The van der Waals surface area contributed by atoms with Crippen LogP contribution in [0.3, 0.4) is 0 Å². The number of aliphatic hydroxyl groups is 1. The van der Waals surface area contributed by atoms with Gasteiger partial charge in [0.25, 0.3) is 0 Å². The summed E-state index contributed by atoms with van der Waals surface area (Å²) in [4.78, 5) is 0. The van der Waals surface area contributed by atoms with Gasteiger partial charge in [-0.2, -0.15) is 0 Å². The maximum Gasteiger partial charge on any atom is 0.146 e. The molecule has 0 saturated heterocycles. The molecule has 2 aromatic carbocycles. The summed E-state index contributed by atoms with van der Waals surface area (Å²) in [5.41, 5.74) is 2.11. The van der Waals surface area contributed by atoms with Gasteiger partial charge in [-0.25, -0.2) is 0 Å². The Morgan fingerprint density at radius 3 is 2.19 bits per heavy atom. The van der Waals surface area contributed by atoms with E-state index in [0.717, 1.165) is 18.4 Å². The minimum atomic E-state index is -0.648. The van der Waals surface area contributed by atoms with Crippen LogP contribution in [0.5, 0.6) is 0 Å². The first kappa shape index (κ1) is 15.7. The topological polar surface area (TPSA) is 38.7 Å². The SMILES string of the molecule is COCO[C@@H](CCc1ccccc1)[C@H](O)c1ccccc1. The Morgan fingerprint density at radius 1 is 0.952 bits per heavy atom. The fraction of sp³-hybridized carbons (Fsp3) is 0.333. The minimum absolute atomic E-state index is 0.184. The van der Waals surface area contributed by atoms with Crippen LogP contribution >= 0.6 is 0 Å². The van der Waals surface area contributed by atoms with Gasteiger partial charge in [-0.15, -0.1) is 0 Å². The zero-order chi connectivity index (χ0) is 14.9. The van der Waals surface area contributed by atoms with E-state index in [1.807, 2.05) is 48.5 Å². The molecule has 3 nitrogen and oxygen atoms in total. The van der Waals surface area contributed by atoms with Gasteiger partial charge in [-0.05, 0) is 24.0 Å². The van der Waals surface area contributed by atoms with Gasteiger partial charge >= 0.3 is 0 Å². The maximum absolute atomic E-state index is 10.5. The smallest absolute Gasteiger partial charge is 0.146 e. The van der Waals surface area contributed by atoms with E-state index in [0.29, 0.717) is 0 Å². The summed E-state index contributed by atoms with van der Waals surface area (Å²) in [6, 6.07) is 19.8. The van der Waals surface area contributed by atoms with Gasteiger partial charge in [0.2, 0.25) is 0 Å². The van der Waals surface area contributed by atoms with Crippen LogP contribution in [0.1, 0.15) is 23.7 Å². The number of hydrogen-bond donors (Lipinski definition) is 1. The molecule has 0 unspecified atom stereocenters. The maximum atomic E-state index is 10.5. The van der Waals surface area contributed by atoms with Crippen molar-refractivity contribution in [3.05, 3.63) is 71.8 Å². The van der Waals surface area contributed by atoms with E-state index in [-0.39, 0.29) is 12.9 Å². The van der Waals surface area contributed by atoms with Crippen molar-refractivity contribution in [3.8, 4) is 0 Å². The van der Waals surface area contributed by atoms with Crippen molar-refractivity contribution in [2.45, 2.75) is 25.0 Å². The Morgan fingerprint density at radius 2 is 1.57 bits per heavy atom. The second-order valence-electron chi connectivity index (χ2n) is 4.99. The first-order valence-electron chi connectivity index (χ1n) is 7.18. The van der Waals surface area contributed by atoms with Crippen LogP contribution < -0.4 is 0 Å². The summed E-state index contributed by atoms with van der Waals surface area (Å²) in [6.07, 6.45) is 0.667. The molecule has 0 heterocycles. The lowest BCUT2D eigenvalue weighted by molar-refractivity contribution is -0.116. The monoisotopic (exact) mass is 286 g/mol. The molecule has 21 heavy (non-hydrogen) atoms. The molecule has 0 spiro atoms. The van der Waals surface area contributed by atoms with E-state index in [1.165, 1.54) is 5.56 Å². The second-order valence-corrected chi connectivity index (χ2v) is 4.99. The number of aliphatic hydroxyl groups excluding tert-OH is 1. The highest BCUT2D eigenvalue weighted by Crippen LogP contribution is 2.23. The van der Waals surface area contributed by atoms with E-state index in [4.69, 9.17) is 9.47 Å². The fourth-order valence-electron chi connectivity index (χ4n) is 2.31. The first-order valence-corrected chi connectivity index (χ1v) is 7.18. The van der Waals surface area contributed by atoms with Crippen LogP contribution in [0, 0.1) is 0 Å². The van der Waals surface area contributed by atoms with Crippen molar-refractivity contribution in [3.63, 3.8) is 0 Å². The highest BCUT2D eigenvalue weighted by molar-refractivity contribution is 5.19. The van der Waals surface area contributed by atoms with Crippen molar-refractivity contribution < 1.29 is 14.6 Å². The minimum Gasteiger partial charge on any atom is -0.386 e. The van der Waals surface area contributed by atoms with Crippen LogP contribution in [0.4, 0.5) is 0 Å². The molecule has 0 aromatic heterocycles. The predicted octanol–water partition coefficient (Wildman–Crippen LogP) is 3.34. The molecule has 2 rings (SSSR count). The van der Waals surface area contributed by atoms with Crippen molar-refractivity contribution in [2.24, 2.45) is 0 Å². The van der Waals surface area contributed by atoms with E-state index in [2.05, 4.69) is 12.1 Å². The predicted molar refractivity (Wildman–Crippen MR) is 82.9 cm³/mol. The van der Waals surface area contributed by atoms with E-state index in [9.17, 15) is 5.11 Å². The van der Waals surface area contributed by atoms with Crippen LogP contribution in [-0.2, 0) is 15.9 Å². The molecule has 0 saturated carbocycles. The molecule has 0 fully saturated rings. The zero-order valence-corrected chi connectivity index (χ0v) is 12.3. The molecule has 3 heteroatoms. The molecular weight excluding hydrogens is 264 g/mol. The highest BCUT2D eigenvalue weighted by Gasteiger charge is 2.21. The summed E-state index contributed by atoms with van der Waals surface area (Å²) >= 11 is 0. The second kappa shape index (κ2) is 8.57. The molecule has 1 N–H and O–H groups in total. The van der Waals surface area contributed by atoms with Gasteiger partial charge < -0.3 is 14.6 Å². The van der Waals surface area contributed by atoms with Gasteiger partial charge in [-0.1, -0.05) is 60.7 Å². The normalized spacial score (nSPS) is 13.8. The molecule has 2 atom stereocenters. The molecule has 112 valence electrons. The third kappa shape index (κ3) is 4.97. The van der Waals surface area contributed by atoms with Gasteiger partial charge in [0.15, 0.2) is 0 Å². The van der Waals surface area contributed by atoms with Crippen molar-refractivity contribution in [1.82, 2.24) is 0 Å². The largest absolute Gasteiger partial charge is 0.386 e. The summed E-state index contributed by atoms with van der Waals surface area (Å²) < 4.78 is 10.6. The summed E-state index contributed by atoms with van der Waals surface area (Å²) in [5.74, 6) is 0. The first-order chi connectivity index (χ1) is 10.3. The van der Waals surface area contributed by atoms with Gasteiger partial charge in [0, 0.05) is 7.11 Å². The average molecular weight is 286 g/mol.